The van der Waals surface area contributed by atoms with Gasteiger partial charge in [0.1, 0.15) is 10.7 Å². The van der Waals surface area contributed by atoms with E-state index in [1.165, 1.54) is 16.6 Å². The van der Waals surface area contributed by atoms with Crippen molar-refractivity contribution in [3.63, 3.8) is 0 Å². The van der Waals surface area contributed by atoms with Crippen LogP contribution in [0.1, 0.15) is 20.3 Å². The lowest BCUT2D eigenvalue weighted by molar-refractivity contribution is 0.257. The average molecular weight is 287 g/mol. The third-order valence-corrected chi connectivity index (χ3v) is 4.59. The number of aliphatic hydroxyl groups excluding tert-OH is 1. The molecule has 7 heteroatoms. The van der Waals surface area contributed by atoms with Gasteiger partial charge in [-0.25, -0.2) is 13.4 Å². The van der Waals surface area contributed by atoms with Gasteiger partial charge in [0.25, 0.3) is 0 Å². The van der Waals surface area contributed by atoms with Crippen LogP contribution in [0.25, 0.3) is 0 Å². The minimum atomic E-state index is -3.57. The van der Waals surface area contributed by atoms with Crippen molar-refractivity contribution in [2.24, 2.45) is 0 Å². The fourth-order valence-electron chi connectivity index (χ4n) is 1.60. The van der Waals surface area contributed by atoms with Crippen LogP contribution in [0, 0.1) is 0 Å². The van der Waals surface area contributed by atoms with Crippen molar-refractivity contribution >= 4 is 15.8 Å². The van der Waals surface area contributed by atoms with Crippen LogP contribution >= 0.6 is 0 Å². The Morgan fingerprint density at radius 3 is 2.58 bits per heavy atom. The van der Waals surface area contributed by atoms with E-state index in [1.54, 1.807) is 13.0 Å². The van der Waals surface area contributed by atoms with Crippen molar-refractivity contribution in [1.29, 1.82) is 0 Å². The second-order valence-corrected chi connectivity index (χ2v) is 5.96. The van der Waals surface area contributed by atoms with E-state index in [9.17, 15) is 8.42 Å². The van der Waals surface area contributed by atoms with E-state index in [1.807, 2.05) is 6.92 Å². The molecule has 6 nitrogen and oxygen atoms in total. The number of likely N-dealkylation sites (N-methyl/N-ethyl adjacent to an activating group) is 1. The van der Waals surface area contributed by atoms with Crippen molar-refractivity contribution in [3.05, 3.63) is 18.3 Å². The van der Waals surface area contributed by atoms with Gasteiger partial charge in [-0.05, 0) is 18.6 Å². The number of sulfonamides is 1. The zero-order valence-corrected chi connectivity index (χ0v) is 12.2. The lowest BCUT2D eigenvalue weighted by Gasteiger charge is -2.19. The summed E-state index contributed by atoms with van der Waals surface area (Å²) in [5.74, 6) is 0.658. The predicted molar refractivity (Wildman–Crippen MR) is 74.5 cm³/mol. The maximum absolute atomic E-state index is 12.2. The van der Waals surface area contributed by atoms with Gasteiger partial charge < -0.3 is 10.4 Å². The third-order valence-electron chi connectivity index (χ3n) is 2.63. The molecule has 0 fully saturated rings. The molecule has 1 rings (SSSR count). The monoisotopic (exact) mass is 287 g/mol. The molecule has 1 aromatic rings. The Balaban J connectivity index is 2.89. The highest BCUT2D eigenvalue weighted by atomic mass is 32.2. The van der Waals surface area contributed by atoms with E-state index in [2.05, 4.69) is 10.3 Å². The van der Waals surface area contributed by atoms with E-state index >= 15 is 0 Å². The molecule has 0 aliphatic heterocycles. The molecular formula is C12H21N3O3S. The van der Waals surface area contributed by atoms with Crippen molar-refractivity contribution < 1.29 is 13.5 Å². The molecule has 0 atom stereocenters. The normalized spacial score (nSPS) is 11.8. The van der Waals surface area contributed by atoms with Crippen molar-refractivity contribution in [2.45, 2.75) is 25.2 Å². The molecular weight excluding hydrogens is 266 g/mol. The molecule has 0 aliphatic carbocycles. The van der Waals surface area contributed by atoms with E-state index in [-0.39, 0.29) is 18.0 Å². The van der Waals surface area contributed by atoms with Gasteiger partial charge in [0.2, 0.25) is 10.0 Å². The minimum Gasteiger partial charge on any atom is -0.395 e. The fourth-order valence-corrected chi connectivity index (χ4v) is 2.99. The van der Waals surface area contributed by atoms with Gasteiger partial charge in [-0.15, -0.1) is 0 Å². The van der Waals surface area contributed by atoms with Crippen LogP contribution in [0.5, 0.6) is 0 Å². The van der Waals surface area contributed by atoms with Crippen LogP contribution in [0.3, 0.4) is 0 Å². The molecule has 0 unspecified atom stereocenters. The minimum absolute atomic E-state index is 0.0919. The lowest BCUT2D eigenvalue weighted by Crippen LogP contribution is -2.33. The van der Waals surface area contributed by atoms with Crippen molar-refractivity contribution in [3.8, 4) is 0 Å². The van der Waals surface area contributed by atoms with Gasteiger partial charge in [0.05, 0.1) is 6.61 Å². The summed E-state index contributed by atoms with van der Waals surface area (Å²) < 4.78 is 25.7. The molecule has 0 bridgehead atoms. The Morgan fingerprint density at radius 1 is 1.37 bits per heavy atom. The first-order chi connectivity index (χ1) is 9.06. The number of hydrogen-bond donors (Lipinski definition) is 2. The van der Waals surface area contributed by atoms with Crippen LogP contribution in [0.4, 0.5) is 5.82 Å². The summed E-state index contributed by atoms with van der Waals surface area (Å²) in [6, 6.07) is 3.18. The number of nitrogens with one attached hydrogen (secondary N) is 1. The number of anilines is 1. The van der Waals surface area contributed by atoms with Crippen molar-refractivity contribution in [2.75, 3.05) is 31.6 Å². The smallest absolute Gasteiger partial charge is 0.244 e. The first-order valence-corrected chi connectivity index (χ1v) is 7.81. The van der Waals surface area contributed by atoms with Crippen LogP contribution in [0.2, 0.25) is 0 Å². The molecule has 19 heavy (non-hydrogen) atoms. The highest BCUT2D eigenvalue weighted by molar-refractivity contribution is 7.89. The number of hydrogen-bond acceptors (Lipinski definition) is 5. The van der Waals surface area contributed by atoms with Gasteiger partial charge >= 0.3 is 0 Å². The molecule has 0 aromatic carbocycles. The highest BCUT2D eigenvalue weighted by Crippen LogP contribution is 2.15. The second kappa shape index (κ2) is 7.42. The van der Waals surface area contributed by atoms with Gasteiger partial charge in [-0.2, -0.15) is 4.31 Å². The van der Waals surface area contributed by atoms with Gasteiger partial charge in [0, 0.05) is 25.8 Å². The average Bonchev–Trinajstić information content (AvgIpc) is 2.42. The number of pyridine rings is 1. The van der Waals surface area contributed by atoms with Crippen LogP contribution in [0.15, 0.2) is 23.2 Å². The number of aliphatic hydroxyl groups is 1. The molecule has 0 saturated carbocycles. The molecule has 0 amide bonds. The topological polar surface area (TPSA) is 82.5 Å². The molecule has 0 spiro atoms. The van der Waals surface area contributed by atoms with Crippen LogP contribution < -0.4 is 5.32 Å². The van der Waals surface area contributed by atoms with Gasteiger partial charge in [-0.1, -0.05) is 13.8 Å². The fraction of sp³-hybridized carbons (Fsp3) is 0.583. The molecule has 1 heterocycles. The maximum atomic E-state index is 12.2. The molecule has 0 radical (unpaired) electrons. The summed E-state index contributed by atoms with van der Waals surface area (Å²) >= 11 is 0. The zero-order chi connectivity index (χ0) is 14.3. The van der Waals surface area contributed by atoms with Crippen LogP contribution in [-0.2, 0) is 10.0 Å². The summed E-state index contributed by atoms with van der Waals surface area (Å²) in [6.07, 6.45) is 2.31. The first-order valence-electron chi connectivity index (χ1n) is 6.37. The van der Waals surface area contributed by atoms with E-state index in [0.717, 1.165) is 13.0 Å². The number of rotatable bonds is 8. The molecule has 0 aliphatic rings. The van der Waals surface area contributed by atoms with E-state index in [0.29, 0.717) is 12.4 Å². The standard InChI is InChI=1S/C12H21N3O3S/c1-3-7-13-12-6-5-11(10-14-12)19(17,18)15(4-2)8-9-16/h5-6,10,16H,3-4,7-9H2,1-2H3,(H,13,14). The van der Waals surface area contributed by atoms with E-state index < -0.39 is 10.0 Å². The highest BCUT2D eigenvalue weighted by Gasteiger charge is 2.22. The molecule has 108 valence electrons. The maximum Gasteiger partial charge on any atom is 0.244 e. The Bertz CT molecular complexity index is 473. The van der Waals surface area contributed by atoms with Gasteiger partial charge in [0.15, 0.2) is 0 Å². The SMILES string of the molecule is CCCNc1ccc(S(=O)(=O)N(CC)CCO)cn1. The Morgan fingerprint density at radius 2 is 2.11 bits per heavy atom. The van der Waals surface area contributed by atoms with Gasteiger partial charge in [-0.3, -0.25) is 0 Å². The third kappa shape index (κ3) is 4.15. The number of aromatic nitrogens is 1. The number of nitrogens with zero attached hydrogens (tertiary/aromatic N) is 2. The van der Waals surface area contributed by atoms with Crippen LogP contribution in [-0.4, -0.2) is 49.1 Å². The lowest BCUT2D eigenvalue weighted by atomic mass is 10.4. The second-order valence-electron chi connectivity index (χ2n) is 4.03. The summed E-state index contributed by atoms with van der Waals surface area (Å²) in [7, 11) is -3.57. The zero-order valence-electron chi connectivity index (χ0n) is 11.3. The van der Waals surface area contributed by atoms with Crippen molar-refractivity contribution in [1.82, 2.24) is 9.29 Å². The summed E-state index contributed by atoms with van der Waals surface area (Å²) in [4.78, 5) is 4.22. The molecule has 0 saturated heterocycles. The summed E-state index contributed by atoms with van der Waals surface area (Å²) in [6.45, 7) is 4.78. The summed E-state index contributed by atoms with van der Waals surface area (Å²) in [5.41, 5.74) is 0. The Labute approximate surface area is 114 Å². The summed E-state index contributed by atoms with van der Waals surface area (Å²) in [5, 5.41) is 12.0. The Hall–Kier alpha value is -1.18. The largest absolute Gasteiger partial charge is 0.395 e. The quantitative estimate of drug-likeness (QED) is 0.742. The van der Waals surface area contributed by atoms with E-state index in [4.69, 9.17) is 5.11 Å². The predicted octanol–water partition coefficient (Wildman–Crippen LogP) is 0.906. The first kappa shape index (κ1) is 15.9. The molecule has 1 aromatic heterocycles. The Kier molecular flexibility index (Phi) is 6.20. The molecule has 2 N–H and O–H groups in total.